The fourth-order valence-electron chi connectivity index (χ4n) is 3.97. The third-order valence-corrected chi connectivity index (χ3v) is 6.90. The molecule has 1 aromatic heterocycles. The monoisotopic (exact) mass is 453 g/mol. The molecule has 0 unspecified atom stereocenters. The van der Waals surface area contributed by atoms with Crippen molar-refractivity contribution in [3.63, 3.8) is 0 Å². The van der Waals surface area contributed by atoms with Crippen LogP contribution in [0.3, 0.4) is 0 Å². The molecular formula is C23H23N3O3S2. The van der Waals surface area contributed by atoms with Crippen LogP contribution in [0, 0.1) is 5.92 Å². The Kier molecular flexibility index (Phi) is 5.93. The zero-order valence-corrected chi connectivity index (χ0v) is 18.9. The van der Waals surface area contributed by atoms with Crippen molar-refractivity contribution in [3.8, 4) is 5.75 Å². The first kappa shape index (κ1) is 21.3. The number of thiophene rings is 1. The van der Waals surface area contributed by atoms with Gasteiger partial charge in [0.15, 0.2) is 5.11 Å². The Morgan fingerprint density at radius 1 is 1.23 bits per heavy atom. The van der Waals surface area contributed by atoms with Crippen LogP contribution < -0.4 is 21.1 Å². The summed E-state index contributed by atoms with van der Waals surface area (Å²) in [6, 6.07) is 11.3. The number of carbonyl (C=O) groups is 2. The normalized spacial score (nSPS) is 15.2. The van der Waals surface area contributed by atoms with E-state index >= 15 is 0 Å². The van der Waals surface area contributed by atoms with Gasteiger partial charge in [-0.3, -0.25) is 14.9 Å². The molecule has 0 radical (unpaired) electrons. The van der Waals surface area contributed by atoms with Gasteiger partial charge in [-0.1, -0.05) is 31.2 Å². The van der Waals surface area contributed by atoms with Crippen LogP contribution in [-0.2, 0) is 12.8 Å². The summed E-state index contributed by atoms with van der Waals surface area (Å²) in [4.78, 5) is 26.2. The Labute approximate surface area is 189 Å². The van der Waals surface area contributed by atoms with Crippen molar-refractivity contribution in [2.24, 2.45) is 11.7 Å². The van der Waals surface area contributed by atoms with Crippen molar-refractivity contribution in [3.05, 3.63) is 58.0 Å². The van der Waals surface area contributed by atoms with E-state index in [2.05, 4.69) is 17.6 Å². The number of anilines is 1. The van der Waals surface area contributed by atoms with Crippen LogP contribution in [-0.4, -0.2) is 24.0 Å². The predicted octanol–water partition coefficient (Wildman–Crippen LogP) is 4.26. The first-order valence-corrected chi connectivity index (χ1v) is 11.2. The second-order valence-corrected chi connectivity index (χ2v) is 9.24. The molecule has 0 aliphatic heterocycles. The molecule has 6 nitrogen and oxygen atoms in total. The van der Waals surface area contributed by atoms with Gasteiger partial charge >= 0.3 is 0 Å². The van der Waals surface area contributed by atoms with Crippen LogP contribution in [0.15, 0.2) is 36.4 Å². The molecule has 0 saturated carbocycles. The number of rotatable bonds is 4. The van der Waals surface area contributed by atoms with E-state index in [-0.39, 0.29) is 5.11 Å². The summed E-state index contributed by atoms with van der Waals surface area (Å²) in [5, 5.41) is 8.30. The summed E-state index contributed by atoms with van der Waals surface area (Å²) in [7, 11) is 1.52. The molecule has 8 heteroatoms. The summed E-state index contributed by atoms with van der Waals surface area (Å²) < 4.78 is 5.41. The average molecular weight is 454 g/mol. The van der Waals surface area contributed by atoms with Crippen molar-refractivity contribution in [2.45, 2.75) is 26.2 Å². The van der Waals surface area contributed by atoms with Gasteiger partial charge in [0.05, 0.1) is 18.2 Å². The Morgan fingerprint density at radius 2 is 1.94 bits per heavy atom. The maximum atomic E-state index is 12.9. The zero-order valence-electron chi connectivity index (χ0n) is 17.3. The number of benzene rings is 2. The molecule has 2 amide bonds. The van der Waals surface area contributed by atoms with Gasteiger partial charge in [0.2, 0.25) is 0 Å². The largest absolute Gasteiger partial charge is 0.496 e. The van der Waals surface area contributed by atoms with Crippen LogP contribution >= 0.6 is 23.6 Å². The van der Waals surface area contributed by atoms with Gasteiger partial charge in [-0.15, -0.1) is 11.3 Å². The molecule has 0 spiro atoms. The van der Waals surface area contributed by atoms with Crippen molar-refractivity contribution in [1.82, 2.24) is 5.32 Å². The summed E-state index contributed by atoms with van der Waals surface area (Å²) in [5.74, 6) is 0.139. The lowest BCUT2D eigenvalue weighted by molar-refractivity contribution is 0.0973. The van der Waals surface area contributed by atoms with Gasteiger partial charge in [0, 0.05) is 4.88 Å². The van der Waals surface area contributed by atoms with E-state index in [1.165, 1.54) is 18.4 Å². The maximum Gasteiger partial charge on any atom is 0.261 e. The van der Waals surface area contributed by atoms with Gasteiger partial charge in [-0.05, 0) is 65.9 Å². The third kappa shape index (κ3) is 4.26. The Balaban J connectivity index is 1.56. The van der Waals surface area contributed by atoms with Crippen molar-refractivity contribution in [1.29, 1.82) is 0 Å². The molecule has 1 aliphatic carbocycles. The van der Waals surface area contributed by atoms with E-state index in [9.17, 15) is 9.59 Å². The quantitative estimate of drug-likeness (QED) is 0.513. The fourth-order valence-corrected chi connectivity index (χ4v) is 5.65. The minimum absolute atomic E-state index is 0.106. The van der Waals surface area contributed by atoms with Gasteiger partial charge in [-0.25, -0.2) is 0 Å². The molecule has 0 bridgehead atoms. The van der Waals surface area contributed by atoms with Crippen LogP contribution in [0.2, 0.25) is 0 Å². The minimum atomic E-state index is -0.486. The fraction of sp³-hybridized carbons (Fsp3) is 0.261. The second-order valence-electron chi connectivity index (χ2n) is 7.73. The van der Waals surface area contributed by atoms with Crippen LogP contribution in [0.1, 0.15) is 44.5 Å². The van der Waals surface area contributed by atoms with E-state index in [0.29, 0.717) is 27.8 Å². The molecule has 0 fully saturated rings. The highest BCUT2D eigenvalue weighted by atomic mass is 32.1. The molecule has 31 heavy (non-hydrogen) atoms. The number of thiocarbonyl (C=S) groups is 1. The number of ether oxygens (including phenoxy) is 1. The number of nitrogens with one attached hydrogen (secondary N) is 2. The number of methoxy groups -OCH3 is 1. The average Bonchev–Trinajstić information content (AvgIpc) is 3.09. The smallest absolute Gasteiger partial charge is 0.261 e. The lowest BCUT2D eigenvalue weighted by atomic mass is 9.88. The second kappa shape index (κ2) is 8.64. The number of fused-ring (bicyclic) bond motifs is 2. The number of carbonyl (C=O) groups excluding carboxylic acids is 2. The molecule has 2 aromatic carbocycles. The standard InChI is InChI=1S/C23H23N3O3S2/c1-12-7-8-15-18(9-12)31-22(19(15)20(24)27)26-23(30)25-21(28)16-10-13-5-3-4-6-14(13)11-17(16)29-2/h3-6,10-12H,7-9H2,1-2H3,(H2,24,27)(H2,25,26,28,30)/t12-/m1/s1. The highest BCUT2D eigenvalue weighted by Crippen LogP contribution is 2.39. The SMILES string of the molecule is COc1cc2ccccc2cc1C(=O)NC(=S)Nc1sc2c(c1C(N)=O)CC[C@@H](C)C2. The molecule has 1 aliphatic rings. The highest BCUT2D eigenvalue weighted by molar-refractivity contribution is 7.80. The van der Waals surface area contributed by atoms with Crippen molar-refractivity contribution in [2.75, 3.05) is 12.4 Å². The first-order chi connectivity index (χ1) is 14.9. The van der Waals surface area contributed by atoms with Gasteiger partial charge in [-0.2, -0.15) is 0 Å². The number of amides is 2. The third-order valence-electron chi connectivity index (χ3n) is 5.52. The van der Waals surface area contributed by atoms with Crippen LogP contribution in [0.4, 0.5) is 5.00 Å². The first-order valence-electron chi connectivity index (χ1n) is 10.0. The number of nitrogens with two attached hydrogens (primary N) is 1. The summed E-state index contributed by atoms with van der Waals surface area (Å²) in [5.41, 5.74) is 7.51. The van der Waals surface area contributed by atoms with E-state index in [4.69, 9.17) is 22.7 Å². The Bertz CT molecular complexity index is 1200. The summed E-state index contributed by atoms with van der Waals surface area (Å²) in [6.45, 7) is 2.20. The predicted molar refractivity (Wildman–Crippen MR) is 128 cm³/mol. The van der Waals surface area contributed by atoms with E-state index in [0.717, 1.165) is 40.5 Å². The maximum absolute atomic E-state index is 12.9. The van der Waals surface area contributed by atoms with E-state index < -0.39 is 11.8 Å². The topological polar surface area (TPSA) is 93.4 Å². The number of hydrogen-bond acceptors (Lipinski definition) is 5. The van der Waals surface area contributed by atoms with Crippen LogP contribution in [0.5, 0.6) is 5.75 Å². The van der Waals surface area contributed by atoms with Gasteiger partial charge < -0.3 is 15.8 Å². The number of hydrogen-bond donors (Lipinski definition) is 3. The van der Waals surface area contributed by atoms with Crippen molar-refractivity contribution >= 4 is 56.3 Å². The lowest BCUT2D eigenvalue weighted by Gasteiger charge is -2.18. The van der Waals surface area contributed by atoms with Crippen molar-refractivity contribution < 1.29 is 14.3 Å². The van der Waals surface area contributed by atoms with Gasteiger partial charge in [0.1, 0.15) is 10.8 Å². The summed E-state index contributed by atoms with van der Waals surface area (Å²) >= 11 is 6.85. The van der Waals surface area contributed by atoms with E-state index in [1.807, 2.05) is 30.3 Å². The van der Waals surface area contributed by atoms with Crippen LogP contribution in [0.25, 0.3) is 10.8 Å². The Morgan fingerprint density at radius 3 is 2.61 bits per heavy atom. The Hall–Kier alpha value is -2.97. The molecule has 1 heterocycles. The molecule has 4 rings (SSSR count). The minimum Gasteiger partial charge on any atom is -0.496 e. The molecule has 0 saturated heterocycles. The molecular weight excluding hydrogens is 430 g/mol. The molecule has 4 N–H and O–H groups in total. The van der Waals surface area contributed by atoms with Gasteiger partial charge in [0.25, 0.3) is 11.8 Å². The number of primary amides is 1. The molecule has 1 atom stereocenters. The summed E-state index contributed by atoms with van der Waals surface area (Å²) in [6.07, 6.45) is 2.75. The highest BCUT2D eigenvalue weighted by Gasteiger charge is 2.27. The molecule has 160 valence electrons. The van der Waals surface area contributed by atoms with E-state index in [1.54, 1.807) is 6.07 Å². The zero-order chi connectivity index (χ0) is 22.1. The molecule has 3 aromatic rings. The lowest BCUT2D eigenvalue weighted by Crippen LogP contribution is -2.34.